The van der Waals surface area contributed by atoms with Gasteiger partial charge in [0.05, 0.1) is 0 Å². The van der Waals surface area contributed by atoms with Crippen molar-refractivity contribution in [2.75, 3.05) is 12.3 Å². The van der Waals surface area contributed by atoms with E-state index in [2.05, 4.69) is 26.5 Å². The van der Waals surface area contributed by atoms with Gasteiger partial charge in [-0.2, -0.15) is 11.8 Å². The van der Waals surface area contributed by atoms with Gasteiger partial charge in [0.25, 0.3) is 5.91 Å². The molecule has 2 nitrogen and oxygen atoms in total. The standard InChI is InChI=1S/C13H17NOS2/c1-9-10(2)17-8-7-14(9)13(15)11-3-5-12(16)6-4-11/h3-6,9-10,16H,7-8H2,1-2H3. The summed E-state index contributed by atoms with van der Waals surface area (Å²) >= 11 is 6.17. The summed E-state index contributed by atoms with van der Waals surface area (Å²) < 4.78 is 0. The first-order valence-electron chi connectivity index (χ1n) is 5.81. The number of thioether (sulfide) groups is 1. The van der Waals surface area contributed by atoms with Gasteiger partial charge in [-0.05, 0) is 31.2 Å². The van der Waals surface area contributed by atoms with Crippen molar-refractivity contribution in [1.82, 2.24) is 4.90 Å². The minimum Gasteiger partial charge on any atom is -0.334 e. The molecule has 1 saturated heterocycles. The second-order valence-corrected chi connectivity index (χ2v) is 6.36. The fraction of sp³-hybridized carbons (Fsp3) is 0.462. The highest BCUT2D eigenvalue weighted by atomic mass is 32.2. The van der Waals surface area contributed by atoms with Gasteiger partial charge in [0.15, 0.2) is 0 Å². The zero-order valence-electron chi connectivity index (χ0n) is 10.1. The molecule has 1 fully saturated rings. The van der Waals surface area contributed by atoms with Gasteiger partial charge in [-0.3, -0.25) is 4.79 Å². The maximum absolute atomic E-state index is 12.4. The Balaban J connectivity index is 2.16. The van der Waals surface area contributed by atoms with Crippen LogP contribution in [-0.2, 0) is 0 Å². The van der Waals surface area contributed by atoms with Gasteiger partial charge in [0.1, 0.15) is 0 Å². The lowest BCUT2D eigenvalue weighted by Gasteiger charge is -2.37. The Morgan fingerprint density at radius 2 is 2.00 bits per heavy atom. The normalized spacial score (nSPS) is 24.8. The molecule has 2 atom stereocenters. The van der Waals surface area contributed by atoms with E-state index in [0.29, 0.717) is 11.3 Å². The summed E-state index contributed by atoms with van der Waals surface area (Å²) in [5.74, 6) is 1.17. The summed E-state index contributed by atoms with van der Waals surface area (Å²) in [7, 11) is 0. The van der Waals surface area contributed by atoms with E-state index in [4.69, 9.17) is 0 Å². The Hall–Kier alpha value is -0.610. The van der Waals surface area contributed by atoms with Crippen LogP contribution in [0.15, 0.2) is 29.2 Å². The summed E-state index contributed by atoms with van der Waals surface area (Å²) in [6.45, 7) is 5.16. The average molecular weight is 267 g/mol. The van der Waals surface area contributed by atoms with Crippen molar-refractivity contribution in [3.8, 4) is 0 Å². The molecular weight excluding hydrogens is 250 g/mol. The van der Waals surface area contributed by atoms with Crippen LogP contribution in [0, 0.1) is 0 Å². The van der Waals surface area contributed by atoms with Gasteiger partial charge >= 0.3 is 0 Å². The molecule has 92 valence electrons. The van der Waals surface area contributed by atoms with Crippen LogP contribution in [-0.4, -0.2) is 34.4 Å². The molecule has 1 aliphatic heterocycles. The van der Waals surface area contributed by atoms with Gasteiger partial charge < -0.3 is 4.90 Å². The van der Waals surface area contributed by atoms with Crippen LogP contribution >= 0.6 is 24.4 Å². The van der Waals surface area contributed by atoms with E-state index in [-0.39, 0.29) is 5.91 Å². The molecule has 0 bridgehead atoms. The number of hydrogen-bond acceptors (Lipinski definition) is 3. The molecule has 0 N–H and O–H groups in total. The Bertz CT molecular complexity index is 404. The second-order valence-electron chi connectivity index (χ2n) is 4.36. The summed E-state index contributed by atoms with van der Waals surface area (Å²) in [5, 5.41) is 0.511. The van der Waals surface area contributed by atoms with Crippen LogP contribution in [0.25, 0.3) is 0 Å². The Kier molecular flexibility index (Phi) is 4.05. The largest absolute Gasteiger partial charge is 0.334 e. The highest BCUT2D eigenvalue weighted by Crippen LogP contribution is 2.25. The monoisotopic (exact) mass is 267 g/mol. The molecule has 2 rings (SSSR count). The number of benzene rings is 1. The molecule has 1 aromatic carbocycles. The molecule has 0 spiro atoms. The summed E-state index contributed by atoms with van der Waals surface area (Å²) in [4.78, 5) is 15.2. The fourth-order valence-electron chi connectivity index (χ4n) is 1.99. The highest BCUT2D eigenvalue weighted by Gasteiger charge is 2.29. The third-order valence-corrected chi connectivity index (χ3v) is 4.90. The number of rotatable bonds is 1. The number of amides is 1. The Morgan fingerprint density at radius 1 is 1.35 bits per heavy atom. The first-order chi connectivity index (χ1) is 8.09. The number of thiol groups is 1. The van der Waals surface area contributed by atoms with Crippen molar-refractivity contribution in [3.05, 3.63) is 29.8 Å². The summed E-state index contributed by atoms with van der Waals surface area (Å²) in [6.07, 6.45) is 0. The van der Waals surface area contributed by atoms with Crippen molar-refractivity contribution in [3.63, 3.8) is 0 Å². The molecule has 1 aliphatic rings. The van der Waals surface area contributed by atoms with Gasteiger partial charge in [-0.25, -0.2) is 0 Å². The molecule has 0 aliphatic carbocycles. The third kappa shape index (κ3) is 2.80. The topological polar surface area (TPSA) is 20.3 Å². The van der Waals surface area contributed by atoms with Crippen molar-refractivity contribution in [2.45, 2.75) is 30.0 Å². The summed E-state index contributed by atoms with van der Waals surface area (Å²) in [5.41, 5.74) is 0.758. The van der Waals surface area contributed by atoms with E-state index in [1.807, 2.05) is 40.9 Å². The molecule has 17 heavy (non-hydrogen) atoms. The number of carbonyl (C=O) groups is 1. The van der Waals surface area contributed by atoms with E-state index in [0.717, 1.165) is 22.8 Å². The molecule has 2 unspecified atom stereocenters. The highest BCUT2D eigenvalue weighted by molar-refractivity contribution is 8.00. The van der Waals surface area contributed by atoms with E-state index in [1.165, 1.54) is 0 Å². The lowest BCUT2D eigenvalue weighted by Crippen LogP contribution is -2.47. The van der Waals surface area contributed by atoms with Gasteiger partial charge in [-0.1, -0.05) is 6.92 Å². The number of carbonyl (C=O) groups excluding carboxylic acids is 1. The number of hydrogen-bond donors (Lipinski definition) is 1. The lowest BCUT2D eigenvalue weighted by molar-refractivity contribution is 0.0698. The predicted octanol–water partition coefficient (Wildman–Crippen LogP) is 2.94. The zero-order chi connectivity index (χ0) is 12.4. The maximum Gasteiger partial charge on any atom is 0.254 e. The summed E-state index contributed by atoms with van der Waals surface area (Å²) in [6, 6.07) is 7.73. The van der Waals surface area contributed by atoms with E-state index < -0.39 is 0 Å². The van der Waals surface area contributed by atoms with Crippen LogP contribution in [0.2, 0.25) is 0 Å². The average Bonchev–Trinajstić information content (AvgIpc) is 2.33. The molecule has 1 amide bonds. The molecule has 1 heterocycles. The van der Waals surface area contributed by atoms with Gasteiger partial charge in [0, 0.05) is 34.0 Å². The van der Waals surface area contributed by atoms with Crippen molar-refractivity contribution in [1.29, 1.82) is 0 Å². The van der Waals surface area contributed by atoms with Crippen LogP contribution in [0.1, 0.15) is 24.2 Å². The first kappa shape index (κ1) is 12.8. The molecular formula is C13H17NOS2. The van der Waals surface area contributed by atoms with E-state index >= 15 is 0 Å². The van der Waals surface area contributed by atoms with Crippen molar-refractivity contribution >= 4 is 30.3 Å². The molecule has 4 heteroatoms. The lowest BCUT2D eigenvalue weighted by atomic mass is 10.1. The second kappa shape index (κ2) is 5.36. The van der Waals surface area contributed by atoms with Crippen molar-refractivity contribution < 1.29 is 4.79 Å². The Morgan fingerprint density at radius 3 is 2.65 bits per heavy atom. The molecule has 0 aromatic heterocycles. The minimum absolute atomic E-state index is 0.137. The van der Waals surface area contributed by atoms with E-state index in [1.54, 1.807) is 0 Å². The van der Waals surface area contributed by atoms with Crippen LogP contribution in [0.5, 0.6) is 0 Å². The van der Waals surface area contributed by atoms with Gasteiger partial charge in [0.2, 0.25) is 0 Å². The fourth-order valence-corrected chi connectivity index (χ4v) is 3.24. The van der Waals surface area contributed by atoms with Crippen LogP contribution in [0.4, 0.5) is 0 Å². The molecule has 0 saturated carbocycles. The SMILES string of the molecule is CC1SCCN(C(=O)c2ccc(S)cc2)C1C. The quantitative estimate of drug-likeness (QED) is 0.790. The van der Waals surface area contributed by atoms with Crippen LogP contribution < -0.4 is 0 Å². The molecule has 0 radical (unpaired) electrons. The first-order valence-corrected chi connectivity index (χ1v) is 7.31. The maximum atomic E-state index is 12.4. The minimum atomic E-state index is 0.137. The predicted molar refractivity (Wildman–Crippen MR) is 76.1 cm³/mol. The zero-order valence-corrected chi connectivity index (χ0v) is 11.8. The number of nitrogens with zero attached hydrogens (tertiary/aromatic N) is 1. The van der Waals surface area contributed by atoms with Gasteiger partial charge in [-0.15, -0.1) is 12.6 Å². The third-order valence-electron chi connectivity index (χ3n) is 3.26. The van der Waals surface area contributed by atoms with E-state index in [9.17, 15) is 4.79 Å². The molecule has 1 aromatic rings. The Labute approximate surface area is 112 Å². The van der Waals surface area contributed by atoms with Crippen molar-refractivity contribution in [2.24, 2.45) is 0 Å². The smallest absolute Gasteiger partial charge is 0.254 e. The van der Waals surface area contributed by atoms with Crippen LogP contribution in [0.3, 0.4) is 0 Å².